The van der Waals surface area contributed by atoms with E-state index in [-0.39, 0.29) is 18.9 Å². The smallest absolute Gasteiger partial charge is 0.308 e. The normalized spacial score (nSPS) is 9.95. The van der Waals surface area contributed by atoms with Crippen LogP contribution in [0.25, 0.3) is 0 Å². The first-order chi connectivity index (χ1) is 10.2. The quantitative estimate of drug-likeness (QED) is 0.677. The van der Waals surface area contributed by atoms with Crippen LogP contribution in [-0.4, -0.2) is 23.7 Å². The highest BCUT2D eigenvalue weighted by molar-refractivity contribution is 6.06. The van der Waals surface area contributed by atoms with Crippen LogP contribution in [0.4, 0.5) is 5.69 Å². The van der Waals surface area contributed by atoms with E-state index in [1.807, 2.05) is 24.3 Å². The number of carbonyl (C=O) groups excluding carboxylic acids is 2. The fourth-order valence-corrected chi connectivity index (χ4v) is 1.94. The predicted molar refractivity (Wildman–Crippen MR) is 77.9 cm³/mol. The van der Waals surface area contributed by atoms with Crippen molar-refractivity contribution >= 4 is 17.6 Å². The Balaban J connectivity index is 2.23. The van der Waals surface area contributed by atoms with Gasteiger partial charge in [-0.15, -0.1) is 0 Å². The maximum Gasteiger partial charge on any atom is 0.343 e. The highest BCUT2D eigenvalue weighted by Gasteiger charge is 2.18. The van der Waals surface area contributed by atoms with Crippen LogP contribution in [-0.2, 0) is 9.68 Å². The van der Waals surface area contributed by atoms with E-state index in [9.17, 15) is 9.59 Å². The average Bonchev–Trinajstić information content (AvgIpc) is 2.56. The Morgan fingerprint density at radius 3 is 2.10 bits per heavy atom. The van der Waals surface area contributed by atoms with E-state index in [1.165, 1.54) is 4.90 Å². The topological polar surface area (TPSA) is 66.8 Å². The molecule has 0 unspecified atom stereocenters. The molecule has 0 heterocycles. The van der Waals surface area contributed by atoms with Gasteiger partial charge in [-0.3, -0.25) is 4.79 Å². The zero-order chi connectivity index (χ0) is 15.1. The third kappa shape index (κ3) is 3.90. The summed E-state index contributed by atoms with van der Waals surface area (Å²) in [4.78, 5) is 28.8. The molecule has 2 rings (SSSR count). The van der Waals surface area contributed by atoms with Gasteiger partial charge in [-0.2, -0.15) is 5.26 Å². The molecular formula is C16H15NO4. The zero-order valence-corrected chi connectivity index (χ0v) is 11.3. The molecule has 2 aromatic carbocycles. The van der Waals surface area contributed by atoms with E-state index in [0.29, 0.717) is 11.3 Å². The van der Waals surface area contributed by atoms with Crippen molar-refractivity contribution in [1.82, 2.24) is 0 Å². The number of amides is 1. The van der Waals surface area contributed by atoms with Crippen LogP contribution < -0.4 is 4.90 Å². The third-order valence-electron chi connectivity index (χ3n) is 2.98. The average molecular weight is 285 g/mol. The van der Waals surface area contributed by atoms with E-state index in [4.69, 9.17) is 5.26 Å². The van der Waals surface area contributed by atoms with Crippen molar-refractivity contribution in [2.24, 2.45) is 0 Å². The molecule has 0 aliphatic rings. The SMILES string of the molecule is O=C(CCN(C(=O)c1ccccc1)c1ccccc1)OO. The zero-order valence-electron chi connectivity index (χ0n) is 11.3. The molecule has 0 bridgehead atoms. The van der Waals surface area contributed by atoms with Crippen molar-refractivity contribution in [2.45, 2.75) is 6.42 Å². The number of rotatable bonds is 5. The Labute approximate surface area is 122 Å². The van der Waals surface area contributed by atoms with Gasteiger partial charge in [0.1, 0.15) is 0 Å². The van der Waals surface area contributed by atoms with E-state index in [1.54, 1.807) is 36.4 Å². The van der Waals surface area contributed by atoms with E-state index < -0.39 is 5.97 Å². The van der Waals surface area contributed by atoms with Crippen LogP contribution in [0.1, 0.15) is 16.8 Å². The molecule has 0 spiro atoms. The molecule has 1 amide bonds. The van der Waals surface area contributed by atoms with Crippen LogP contribution >= 0.6 is 0 Å². The van der Waals surface area contributed by atoms with Gasteiger partial charge in [0.2, 0.25) is 0 Å². The minimum atomic E-state index is -0.781. The molecule has 0 aliphatic carbocycles. The van der Waals surface area contributed by atoms with Gasteiger partial charge in [-0.25, -0.2) is 4.79 Å². The molecule has 0 radical (unpaired) electrons. The number of para-hydroxylation sites is 1. The summed E-state index contributed by atoms with van der Waals surface area (Å²) in [5.41, 5.74) is 1.20. The third-order valence-corrected chi connectivity index (χ3v) is 2.98. The van der Waals surface area contributed by atoms with Gasteiger partial charge in [-0.1, -0.05) is 36.4 Å². The Hall–Kier alpha value is -2.66. The molecular weight excluding hydrogens is 270 g/mol. The molecule has 2 aromatic rings. The van der Waals surface area contributed by atoms with Gasteiger partial charge in [0.15, 0.2) is 0 Å². The van der Waals surface area contributed by atoms with Crippen molar-refractivity contribution < 1.29 is 19.7 Å². The number of benzene rings is 2. The van der Waals surface area contributed by atoms with Gasteiger partial charge >= 0.3 is 5.97 Å². The number of hydrogen-bond donors (Lipinski definition) is 1. The largest absolute Gasteiger partial charge is 0.343 e. The predicted octanol–water partition coefficient (Wildman–Crippen LogP) is 2.74. The molecule has 0 saturated heterocycles. The summed E-state index contributed by atoms with van der Waals surface area (Å²) in [7, 11) is 0. The van der Waals surface area contributed by atoms with Crippen LogP contribution in [0.5, 0.6) is 0 Å². The summed E-state index contributed by atoms with van der Waals surface area (Å²) < 4.78 is 0. The Morgan fingerprint density at radius 2 is 1.52 bits per heavy atom. The highest BCUT2D eigenvalue weighted by Crippen LogP contribution is 2.17. The molecule has 1 N–H and O–H groups in total. The van der Waals surface area contributed by atoms with E-state index in [2.05, 4.69) is 4.89 Å². The van der Waals surface area contributed by atoms with Gasteiger partial charge in [-0.05, 0) is 24.3 Å². The fourth-order valence-electron chi connectivity index (χ4n) is 1.94. The minimum Gasteiger partial charge on any atom is -0.308 e. The molecule has 0 fully saturated rings. The second-order valence-electron chi connectivity index (χ2n) is 4.37. The lowest BCUT2D eigenvalue weighted by Gasteiger charge is -2.22. The highest BCUT2D eigenvalue weighted by atomic mass is 17.1. The maximum atomic E-state index is 12.6. The van der Waals surface area contributed by atoms with Crippen LogP contribution in [0.3, 0.4) is 0 Å². The Bertz CT molecular complexity index is 598. The molecule has 0 saturated carbocycles. The maximum absolute atomic E-state index is 12.6. The summed E-state index contributed by atoms with van der Waals surface area (Å²) in [5.74, 6) is -0.996. The van der Waals surface area contributed by atoms with Crippen molar-refractivity contribution in [3.63, 3.8) is 0 Å². The molecule has 0 aliphatic heterocycles. The Morgan fingerprint density at radius 1 is 0.952 bits per heavy atom. The first-order valence-corrected chi connectivity index (χ1v) is 6.48. The van der Waals surface area contributed by atoms with Crippen molar-refractivity contribution in [1.29, 1.82) is 0 Å². The van der Waals surface area contributed by atoms with Gasteiger partial charge in [0.05, 0.1) is 6.42 Å². The van der Waals surface area contributed by atoms with Gasteiger partial charge in [0, 0.05) is 17.8 Å². The minimum absolute atomic E-state index is 0.0933. The summed E-state index contributed by atoms with van der Waals surface area (Å²) in [6, 6.07) is 17.8. The summed E-state index contributed by atoms with van der Waals surface area (Å²) in [5, 5.41) is 8.32. The number of carbonyl (C=O) groups is 2. The molecule has 5 nitrogen and oxygen atoms in total. The van der Waals surface area contributed by atoms with Gasteiger partial charge in [0.25, 0.3) is 5.91 Å². The fraction of sp³-hybridized carbons (Fsp3) is 0.125. The lowest BCUT2D eigenvalue weighted by Crippen LogP contribution is -2.33. The van der Waals surface area contributed by atoms with Crippen LogP contribution in [0, 0.1) is 0 Å². The second kappa shape index (κ2) is 7.21. The number of hydrogen-bond acceptors (Lipinski definition) is 4. The standard InChI is InChI=1S/C16H15NO4/c18-15(21-20)11-12-17(14-9-5-2-6-10-14)16(19)13-7-3-1-4-8-13/h1-10,20H,11-12H2. The van der Waals surface area contributed by atoms with E-state index >= 15 is 0 Å². The second-order valence-corrected chi connectivity index (χ2v) is 4.37. The Kier molecular flexibility index (Phi) is 5.06. The van der Waals surface area contributed by atoms with Gasteiger partial charge < -0.3 is 9.79 Å². The summed E-state index contributed by atoms with van der Waals surface area (Å²) in [6.07, 6.45) is -0.0933. The number of nitrogens with zero attached hydrogens (tertiary/aromatic N) is 1. The monoisotopic (exact) mass is 285 g/mol. The first kappa shape index (κ1) is 14.7. The first-order valence-electron chi connectivity index (χ1n) is 6.48. The number of anilines is 1. The molecule has 0 aromatic heterocycles. The summed E-state index contributed by atoms with van der Waals surface area (Å²) >= 11 is 0. The van der Waals surface area contributed by atoms with E-state index in [0.717, 1.165) is 0 Å². The van der Waals surface area contributed by atoms with Crippen LogP contribution in [0.2, 0.25) is 0 Å². The molecule has 108 valence electrons. The lowest BCUT2D eigenvalue weighted by atomic mass is 10.1. The van der Waals surface area contributed by atoms with Crippen LogP contribution in [0.15, 0.2) is 60.7 Å². The van der Waals surface area contributed by atoms with Crippen molar-refractivity contribution in [3.05, 3.63) is 66.2 Å². The molecule has 0 atom stereocenters. The van der Waals surface area contributed by atoms with Crippen molar-refractivity contribution in [2.75, 3.05) is 11.4 Å². The summed E-state index contributed by atoms with van der Waals surface area (Å²) in [6.45, 7) is 0.122. The molecule has 21 heavy (non-hydrogen) atoms. The molecule has 5 heteroatoms. The van der Waals surface area contributed by atoms with Crippen molar-refractivity contribution in [3.8, 4) is 0 Å². The lowest BCUT2D eigenvalue weighted by molar-refractivity contribution is -0.234.